The van der Waals surface area contributed by atoms with Gasteiger partial charge in [0.25, 0.3) is 0 Å². The maximum Gasteiger partial charge on any atom is 0.180 e. The summed E-state index contributed by atoms with van der Waals surface area (Å²) in [6.07, 6.45) is 3.97. The first-order valence-electron chi connectivity index (χ1n) is 9.95. The molecule has 1 aliphatic rings. The van der Waals surface area contributed by atoms with Gasteiger partial charge in [0, 0.05) is 42.3 Å². The van der Waals surface area contributed by atoms with Gasteiger partial charge in [0.15, 0.2) is 5.82 Å². The number of aromatic nitrogens is 3. The molecule has 3 aromatic rings. The molecule has 144 valence electrons. The van der Waals surface area contributed by atoms with Gasteiger partial charge in [0.2, 0.25) is 0 Å². The van der Waals surface area contributed by atoms with E-state index in [0.29, 0.717) is 11.9 Å². The molecule has 1 fully saturated rings. The highest BCUT2D eigenvalue weighted by Gasteiger charge is 2.23. The molecular formula is C23H27N5. The van der Waals surface area contributed by atoms with E-state index in [4.69, 9.17) is 4.98 Å². The second kappa shape index (κ2) is 7.97. The van der Waals surface area contributed by atoms with Crippen molar-refractivity contribution in [3.8, 4) is 11.5 Å². The fourth-order valence-corrected chi connectivity index (χ4v) is 3.74. The van der Waals surface area contributed by atoms with Crippen molar-refractivity contribution in [1.82, 2.24) is 15.0 Å². The molecule has 5 nitrogen and oxygen atoms in total. The lowest BCUT2D eigenvalue weighted by molar-refractivity contribution is 0.522. The molecule has 0 atom stereocenters. The van der Waals surface area contributed by atoms with E-state index in [2.05, 4.69) is 65.2 Å². The average molecular weight is 374 g/mol. The normalized spacial score (nSPS) is 14.9. The number of pyridine rings is 1. The van der Waals surface area contributed by atoms with Gasteiger partial charge in [-0.3, -0.25) is 4.98 Å². The molecule has 0 bridgehead atoms. The SMILES string of the molecule is Cc1cccc(NC2CCN(c3nc(-c4ccccn4)nc(C)c3C)CC2)c1. The van der Waals surface area contributed by atoms with E-state index in [9.17, 15) is 0 Å². The van der Waals surface area contributed by atoms with Gasteiger partial charge in [-0.25, -0.2) is 9.97 Å². The van der Waals surface area contributed by atoms with Gasteiger partial charge in [-0.15, -0.1) is 0 Å². The molecule has 3 heterocycles. The van der Waals surface area contributed by atoms with E-state index in [-0.39, 0.29) is 0 Å². The third kappa shape index (κ3) is 3.98. The number of rotatable bonds is 4. The molecule has 0 amide bonds. The van der Waals surface area contributed by atoms with Gasteiger partial charge < -0.3 is 10.2 Å². The molecule has 4 rings (SSSR count). The topological polar surface area (TPSA) is 53.9 Å². The zero-order valence-corrected chi connectivity index (χ0v) is 16.8. The second-order valence-electron chi connectivity index (χ2n) is 7.57. The van der Waals surface area contributed by atoms with Crippen molar-refractivity contribution in [2.75, 3.05) is 23.3 Å². The van der Waals surface area contributed by atoms with E-state index in [1.807, 2.05) is 18.2 Å². The number of piperidine rings is 1. The van der Waals surface area contributed by atoms with Crippen LogP contribution in [0.25, 0.3) is 11.5 Å². The van der Waals surface area contributed by atoms with Crippen LogP contribution in [0.4, 0.5) is 11.5 Å². The molecule has 28 heavy (non-hydrogen) atoms. The summed E-state index contributed by atoms with van der Waals surface area (Å²) >= 11 is 0. The number of benzene rings is 1. The van der Waals surface area contributed by atoms with Crippen LogP contribution in [-0.4, -0.2) is 34.1 Å². The van der Waals surface area contributed by atoms with Crippen LogP contribution >= 0.6 is 0 Å². The Bertz CT molecular complexity index is 946. The van der Waals surface area contributed by atoms with E-state index in [1.54, 1.807) is 6.20 Å². The highest BCUT2D eigenvalue weighted by atomic mass is 15.2. The van der Waals surface area contributed by atoms with E-state index in [1.165, 1.54) is 11.3 Å². The molecule has 1 N–H and O–H groups in total. The predicted octanol–water partition coefficient (Wildman–Crippen LogP) is 4.54. The average Bonchev–Trinajstić information content (AvgIpc) is 2.71. The van der Waals surface area contributed by atoms with Gasteiger partial charge in [-0.05, 0) is 63.4 Å². The first-order valence-corrected chi connectivity index (χ1v) is 9.95. The summed E-state index contributed by atoms with van der Waals surface area (Å²) in [6.45, 7) is 8.28. The monoisotopic (exact) mass is 373 g/mol. The fourth-order valence-electron chi connectivity index (χ4n) is 3.74. The molecule has 0 radical (unpaired) electrons. The summed E-state index contributed by atoms with van der Waals surface area (Å²) < 4.78 is 0. The van der Waals surface area contributed by atoms with Crippen LogP contribution in [0.5, 0.6) is 0 Å². The molecule has 1 aromatic carbocycles. The fraction of sp³-hybridized carbons (Fsp3) is 0.348. The summed E-state index contributed by atoms with van der Waals surface area (Å²) in [5, 5.41) is 3.69. The Kier molecular flexibility index (Phi) is 5.24. The lowest BCUT2D eigenvalue weighted by atomic mass is 10.0. The minimum atomic E-state index is 0.497. The molecule has 2 aromatic heterocycles. The van der Waals surface area contributed by atoms with E-state index in [0.717, 1.165) is 48.7 Å². The molecule has 0 unspecified atom stereocenters. The van der Waals surface area contributed by atoms with Gasteiger partial charge in [-0.2, -0.15) is 0 Å². The molecule has 0 saturated carbocycles. The zero-order chi connectivity index (χ0) is 19.5. The van der Waals surface area contributed by atoms with Crippen molar-refractivity contribution in [2.45, 2.75) is 39.7 Å². The predicted molar refractivity (Wildman–Crippen MR) is 115 cm³/mol. The molecule has 1 saturated heterocycles. The Balaban J connectivity index is 1.49. The quantitative estimate of drug-likeness (QED) is 0.727. The summed E-state index contributed by atoms with van der Waals surface area (Å²) in [6, 6.07) is 15.0. The lowest BCUT2D eigenvalue weighted by Gasteiger charge is -2.34. The third-order valence-corrected chi connectivity index (χ3v) is 5.44. The minimum Gasteiger partial charge on any atom is -0.382 e. The van der Waals surface area contributed by atoms with Gasteiger partial charge in [0.05, 0.1) is 0 Å². The summed E-state index contributed by atoms with van der Waals surface area (Å²) in [7, 11) is 0. The standard InChI is InChI=1S/C23H27N5/c1-16-7-6-8-20(15-16)26-19-10-13-28(14-11-19)23-17(2)18(3)25-22(27-23)21-9-4-5-12-24-21/h4-9,12,15,19,26H,10-11,13-14H2,1-3H3. The first kappa shape index (κ1) is 18.4. The summed E-state index contributed by atoms with van der Waals surface area (Å²) in [5.74, 6) is 1.75. The van der Waals surface area contributed by atoms with E-state index >= 15 is 0 Å². The summed E-state index contributed by atoms with van der Waals surface area (Å²) in [5.41, 5.74) is 5.50. The van der Waals surface area contributed by atoms with Crippen molar-refractivity contribution in [3.05, 3.63) is 65.5 Å². The number of hydrogen-bond donors (Lipinski definition) is 1. The van der Waals surface area contributed by atoms with Crippen LogP contribution in [0.2, 0.25) is 0 Å². The minimum absolute atomic E-state index is 0.497. The maximum atomic E-state index is 4.88. The molecule has 0 aliphatic carbocycles. The second-order valence-corrected chi connectivity index (χ2v) is 7.57. The van der Waals surface area contributed by atoms with Crippen molar-refractivity contribution in [2.24, 2.45) is 0 Å². The lowest BCUT2D eigenvalue weighted by Crippen LogP contribution is -2.40. The summed E-state index contributed by atoms with van der Waals surface area (Å²) in [4.78, 5) is 16.4. The van der Waals surface area contributed by atoms with Crippen molar-refractivity contribution < 1.29 is 0 Å². The van der Waals surface area contributed by atoms with Crippen LogP contribution in [0.1, 0.15) is 29.7 Å². The van der Waals surface area contributed by atoms with Gasteiger partial charge >= 0.3 is 0 Å². The molecule has 0 spiro atoms. The van der Waals surface area contributed by atoms with Crippen LogP contribution in [0, 0.1) is 20.8 Å². The Morgan fingerprint density at radius 3 is 2.50 bits per heavy atom. The molecule has 5 heteroatoms. The Morgan fingerprint density at radius 2 is 1.79 bits per heavy atom. The van der Waals surface area contributed by atoms with Crippen molar-refractivity contribution in [1.29, 1.82) is 0 Å². The third-order valence-electron chi connectivity index (χ3n) is 5.44. The Labute approximate surface area is 166 Å². The number of aryl methyl sites for hydroxylation is 2. The van der Waals surface area contributed by atoms with Crippen LogP contribution in [0.15, 0.2) is 48.7 Å². The maximum absolute atomic E-state index is 4.88. The first-order chi connectivity index (χ1) is 13.6. The zero-order valence-electron chi connectivity index (χ0n) is 16.8. The molecular weight excluding hydrogens is 346 g/mol. The largest absolute Gasteiger partial charge is 0.382 e. The smallest absolute Gasteiger partial charge is 0.180 e. The van der Waals surface area contributed by atoms with Gasteiger partial charge in [-0.1, -0.05) is 18.2 Å². The van der Waals surface area contributed by atoms with Crippen LogP contribution < -0.4 is 10.2 Å². The number of nitrogens with one attached hydrogen (secondary N) is 1. The Morgan fingerprint density at radius 1 is 0.964 bits per heavy atom. The van der Waals surface area contributed by atoms with Crippen LogP contribution in [0.3, 0.4) is 0 Å². The number of hydrogen-bond acceptors (Lipinski definition) is 5. The van der Waals surface area contributed by atoms with Crippen LogP contribution in [-0.2, 0) is 0 Å². The Hall–Kier alpha value is -2.95. The van der Waals surface area contributed by atoms with Crippen molar-refractivity contribution in [3.63, 3.8) is 0 Å². The van der Waals surface area contributed by atoms with Gasteiger partial charge in [0.1, 0.15) is 11.5 Å². The number of nitrogens with zero attached hydrogens (tertiary/aromatic N) is 4. The highest BCUT2D eigenvalue weighted by Crippen LogP contribution is 2.27. The molecule has 1 aliphatic heterocycles. The van der Waals surface area contributed by atoms with Crippen molar-refractivity contribution >= 4 is 11.5 Å². The number of anilines is 2. The highest BCUT2D eigenvalue weighted by molar-refractivity contribution is 5.57. The van der Waals surface area contributed by atoms with E-state index < -0.39 is 0 Å².